The number of hydrogen-bond acceptors (Lipinski definition) is 5. The Morgan fingerprint density at radius 3 is 2.74 bits per heavy atom. The molecule has 0 aliphatic heterocycles. The first-order valence-electron chi connectivity index (χ1n) is 8.30. The number of aromatic nitrogens is 4. The second-order valence-electron chi connectivity index (χ2n) is 7.20. The van der Waals surface area contributed by atoms with Crippen LogP contribution in [0.1, 0.15) is 31.5 Å². The van der Waals surface area contributed by atoms with Crippen molar-refractivity contribution >= 4 is 11.0 Å². The highest BCUT2D eigenvalue weighted by atomic mass is 16.3. The fourth-order valence-corrected chi connectivity index (χ4v) is 4.43. The molecule has 4 rings (SSSR count). The van der Waals surface area contributed by atoms with Crippen molar-refractivity contribution in [3.8, 4) is 0 Å². The van der Waals surface area contributed by atoms with E-state index < -0.39 is 0 Å². The summed E-state index contributed by atoms with van der Waals surface area (Å²) in [5, 5.41) is 14.4. The molecule has 0 saturated heterocycles. The smallest absolute Gasteiger partial charge is 0.262 e. The predicted octanol–water partition coefficient (Wildman–Crippen LogP) is 0.638. The number of aryl methyl sites for hydroxylation is 1. The molecule has 0 radical (unpaired) electrons. The Labute approximate surface area is 134 Å². The SMILES string of the molecule is CN(Cc1nc2c(cnn2C)c(=O)[nH]1)C1C[C@H]2CC(O)C[C@H]2C1. The Morgan fingerprint density at radius 1 is 1.35 bits per heavy atom. The third-order valence-corrected chi connectivity index (χ3v) is 5.64. The van der Waals surface area contributed by atoms with Crippen LogP contribution < -0.4 is 5.56 Å². The highest BCUT2D eigenvalue weighted by Gasteiger charge is 2.42. The molecule has 2 aromatic heterocycles. The number of aliphatic hydroxyl groups is 1. The Bertz CT molecular complexity index is 768. The summed E-state index contributed by atoms with van der Waals surface area (Å²) in [5.41, 5.74) is 0.501. The van der Waals surface area contributed by atoms with Gasteiger partial charge in [0.05, 0.1) is 18.8 Å². The van der Waals surface area contributed by atoms with Gasteiger partial charge in [0.1, 0.15) is 11.2 Å². The molecular formula is C16H23N5O2. The van der Waals surface area contributed by atoms with Gasteiger partial charge in [-0.25, -0.2) is 4.98 Å². The first-order valence-corrected chi connectivity index (χ1v) is 8.30. The third kappa shape index (κ3) is 2.57. The number of aromatic amines is 1. The van der Waals surface area contributed by atoms with Crippen LogP contribution >= 0.6 is 0 Å². The molecule has 2 aromatic rings. The van der Waals surface area contributed by atoms with Crippen LogP contribution in [0.2, 0.25) is 0 Å². The lowest BCUT2D eigenvalue weighted by Crippen LogP contribution is -2.31. The van der Waals surface area contributed by atoms with E-state index in [0.29, 0.717) is 41.3 Å². The number of rotatable bonds is 3. The molecule has 4 atom stereocenters. The van der Waals surface area contributed by atoms with Crippen molar-refractivity contribution in [1.29, 1.82) is 0 Å². The van der Waals surface area contributed by atoms with E-state index in [1.54, 1.807) is 17.9 Å². The summed E-state index contributed by atoms with van der Waals surface area (Å²) in [4.78, 5) is 21.8. The minimum atomic E-state index is -0.127. The van der Waals surface area contributed by atoms with Gasteiger partial charge in [0, 0.05) is 13.1 Å². The Kier molecular flexibility index (Phi) is 3.50. The van der Waals surface area contributed by atoms with Gasteiger partial charge in [-0.3, -0.25) is 14.4 Å². The maximum absolute atomic E-state index is 12.1. The van der Waals surface area contributed by atoms with Crippen molar-refractivity contribution in [2.75, 3.05) is 7.05 Å². The lowest BCUT2D eigenvalue weighted by Gasteiger charge is -2.24. The van der Waals surface area contributed by atoms with E-state index in [9.17, 15) is 9.90 Å². The van der Waals surface area contributed by atoms with Crippen LogP contribution in [0.4, 0.5) is 0 Å². The summed E-state index contributed by atoms with van der Waals surface area (Å²) in [5.74, 6) is 2.00. The van der Waals surface area contributed by atoms with Gasteiger partial charge >= 0.3 is 0 Å². The molecule has 2 aliphatic rings. The molecule has 0 aromatic carbocycles. The molecule has 2 heterocycles. The van der Waals surface area contributed by atoms with Gasteiger partial charge in [0.2, 0.25) is 0 Å². The van der Waals surface area contributed by atoms with Crippen LogP contribution in [0.5, 0.6) is 0 Å². The summed E-state index contributed by atoms with van der Waals surface area (Å²) in [6.45, 7) is 0.628. The lowest BCUT2D eigenvalue weighted by atomic mass is 10.0. The fraction of sp³-hybridized carbons (Fsp3) is 0.688. The molecule has 23 heavy (non-hydrogen) atoms. The van der Waals surface area contributed by atoms with Crippen LogP contribution in [0.25, 0.3) is 11.0 Å². The standard InChI is InChI=1S/C16H23N5O2/c1-20(11-3-9-5-12(22)6-10(9)4-11)8-14-18-15-13(16(23)19-14)7-17-21(15)2/h7,9-12,22H,3-6,8H2,1-2H3,(H,18,19,23)/t9-,10+,11?,12?. The highest BCUT2D eigenvalue weighted by Crippen LogP contribution is 2.45. The van der Waals surface area contributed by atoms with E-state index in [2.05, 4.69) is 27.0 Å². The molecule has 2 N–H and O–H groups in total. The number of nitrogens with zero attached hydrogens (tertiary/aromatic N) is 4. The van der Waals surface area contributed by atoms with E-state index in [1.165, 1.54) is 0 Å². The van der Waals surface area contributed by atoms with Gasteiger partial charge in [0.15, 0.2) is 5.65 Å². The van der Waals surface area contributed by atoms with Gasteiger partial charge in [-0.2, -0.15) is 5.10 Å². The van der Waals surface area contributed by atoms with Crippen molar-refractivity contribution in [2.24, 2.45) is 18.9 Å². The molecule has 2 unspecified atom stereocenters. The second-order valence-corrected chi connectivity index (χ2v) is 7.20. The van der Waals surface area contributed by atoms with Crippen molar-refractivity contribution in [3.05, 3.63) is 22.4 Å². The van der Waals surface area contributed by atoms with Gasteiger partial charge in [-0.15, -0.1) is 0 Å². The van der Waals surface area contributed by atoms with E-state index in [4.69, 9.17) is 0 Å². The summed E-state index contributed by atoms with van der Waals surface area (Å²) < 4.78 is 1.63. The molecule has 7 heteroatoms. The summed E-state index contributed by atoms with van der Waals surface area (Å²) in [7, 11) is 3.89. The first kappa shape index (κ1) is 14.8. The third-order valence-electron chi connectivity index (χ3n) is 5.64. The molecule has 2 aliphatic carbocycles. The van der Waals surface area contributed by atoms with Gasteiger partial charge in [-0.1, -0.05) is 0 Å². The van der Waals surface area contributed by atoms with Crippen molar-refractivity contribution in [1.82, 2.24) is 24.6 Å². The van der Waals surface area contributed by atoms with Crippen LogP contribution in [0.3, 0.4) is 0 Å². The zero-order chi connectivity index (χ0) is 16.1. The normalized spacial score (nSPS) is 30.4. The van der Waals surface area contributed by atoms with Gasteiger partial charge in [-0.05, 0) is 44.6 Å². The predicted molar refractivity (Wildman–Crippen MR) is 85.8 cm³/mol. The quantitative estimate of drug-likeness (QED) is 0.867. The molecule has 0 amide bonds. The first-order chi connectivity index (χ1) is 11.0. The maximum Gasteiger partial charge on any atom is 0.262 e. The van der Waals surface area contributed by atoms with Crippen LogP contribution in [0, 0.1) is 11.8 Å². The maximum atomic E-state index is 12.1. The van der Waals surface area contributed by atoms with Gasteiger partial charge < -0.3 is 10.1 Å². The van der Waals surface area contributed by atoms with Crippen LogP contribution in [0.15, 0.2) is 11.0 Å². The Hall–Kier alpha value is -1.73. The minimum Gasteiger partial charge on any atom is -0.393 e. The average molecular weight is 317 g/mol. The largest absolute Gasteiger partial charge is 0.393 e. The number of nitrogens with one attached hydrogen (secondary N) is 1. The Morgan fingerprint density at radius 2 is 2.04 bits per heavy atom. The topological polar surface area (TPSA) is 87.0 Å². The van der Waals surface area contributed by atoms with Crippen molar-refractivity contribution in [2.45, 2.75) is 44.4 Å². The number of H-pyrrole nitrogens is 1. The highest BCUT2D eigenvalue weighted by molar-refractivity contribution is 5.72. The lowest BCUT2D eigenvalue weighted by molar-refractivity contribution is 0.157. The van der Waals surface area contributed by atoms with Crippen molar-refractivity contribution in [3.63, 3.8) is 0 Å². The second kappa shape index (κ2) is 5.42. The van der Waals surface area contributed by atoms with Gasteiger partial charge in [0.25, 0.3) is 5.56 Å². The minimum absolute atomic E-state index is 0.0958. The number of hydrogen-bond donors (Lipinski definition) is 2. The summed E-state index contributed by atoms with van der Waals surface area (Å²) in [6, 6.07) is 0.505. The fourth-order valence-electron chi connectivity index (χ4n) is 4.43. The van der Waals surface area contributed by atoms with Crippen LogP contribution in [-0.2, 0) is 13.6 Å². The molecule has 2 fully saturated rings. The number of aliphatic hydroxyl groups excluding tert-OH is 1. The molecular weight excluding hydrogens is 294 g/mol. The van der Waals surface area contributed by atoms with E-state index in [0.717, 1.165) is 25.7 Å². The molecule has 0 spiro atoms. The molecule has 124 valence electrons. The van der Waals surface area contributed by atoms with E-state index in [1.807, 2.05) is 0 Å². The molecule has 0 bridgehead atoms. The average Bonchev–Trinajstić information content (AvgIpc) is 3.13. The molecule has 2 saturated carbocycles. The van der Waals surface area contributed by atoms with E-state index in [-0.39, 0.29) is 11.7 Å². The number of fused-ring (bicyclic) bond motifs is 2. The zero-order valence-corrected chi connectivity index (χ0v) is 13.6. The summed E-state index contributed by atoms with van der Waals surface area (Å²) in [6.07, 6.45) is 5.63. The Balaban J connectivity index is 1.50. The van der Waals surface area contributed by atoms with Crippen LogP contribution in [-0.4, -0.2) is 48.9 Å². The monoisotopic (exact) mass is 317 g/mol. The molecule has 7 nitrogen and oxygen atoms in total. The summed E-state index contributed by atoms with van der Waals surface area (Å²) >= 11 is 0. The van der Waals surface area contributed by atoms with E-state index >= 15 is 0 Å². The zero-order valence-electron chi connectivity index (χ0n) is 13.6. The van der Waals surface area contributed by atoms with Crippen molar-refractivity contribution < 1.29 is 5.11 Å².